The summed E-state index contributed by atoms with van der Waals surface area (Å²) in [6.07, 6.45) is 4.85. The van der Waals surface area contributed by atoms with Gasteiger partial charge in [0.25, 0.3) is 10.0 Å². The van der Waals surface area contributed by atoms with Crippen molar-refractivity contribution in [3.63, 3.8) is 0 Å². The van der Waals surface area contributed by atoms with Crippen molar-refractivity contribution >= 4 is 27.3 Å². The summed E-state index contributed by atoms with van der Waals surface area (Å²) < 4.78 is 30.4. The minimum absolute atomic E-state index is 0.0718. The van der Waals surface area contributed by atoms with E-state index < -0.39 is 10.0 Å². The van der Waals surface area contributed by atoms with Crippen molar-refractivity contribution in [1.29, 1.82) is 0 Å². The number of hydrogen-bond donors (Lipinski definition) is 1. The summed E-state index contributed by atoms with van der Waals surface area (Å²) in [5.41, 5.74) is 2.93. The smallest absolute Gasteiger partial charge is 0.262 e. The first-order valence-electron chi connectivity index (χ1n) is 10.0. The van der Waals surface area contributed by atoms with E-state index in [2.05, 4.69) is 35.5 Å². The molecule has 0 unspecified atom stereocenters. The topological polar surface area (TPSA) is 76.9 Å². The lowest BCUT2D eigenvalue weighted by atomic mass is 9.87. The molecule has 0 amide bonds. The fourth-order valence-electron chi connectivity index (χ4n) is 3.25. The maximum Gasteiger partial charge on any atom is 0.262 e. The normalized spacial score (nSPS) is 12.0. The van der Waals surface area contributed by atoms with E-state index in [0.29, 0.717) is 10.8 Å². The summed E-state index contributed by atoms with van der Waals surface area (Å²) in [6.45, 7) is 6.23. The molecule has 2 heterocycles. The second kappa shape index (κ2) is 8.41. The van der Waals surface area contributed by atoms with Gasteiger partial charge in [-0.2, -0.15) is 0 Å². The Morgan fingerprint density at radius 3 is 2.31 bits per heavy atom. The lowest BCUT2D eigenvalue weighted by molar-refractivity contribution is 0.587. The van der Waals surface area contributed by atoms with Crippen molar-refractivity contribution in [2.75, 3.05) is 4.72 Å². The van der Waals surface area contributed by atoms with Gasteiger partial charge in [-0.15, -0.1) is 0 Å². The van der Waals surface area contributed by atoms with Gasteiger partial charge in [0.1, 0.15) is 6.33 Å². The molecular weight excluding hydrogens is 444 g/mol. The average Bonchev–Trinajstić information content (AvgIpc) is 3.24. The minimum atomic E-state index is -3.85. The third kappa shape index (κ3) is 4.69. The van der Waals surface area contributed by atoms with Gasteiger partial charge < -0.3 is 0 Å². The first kappa shape index (κ1) is 22.0. The molecule has 4 rings (SSSR count). The van der Waals surface area contributed by atoms with Crippen LogP contribution < -0.4 is 4.72 Å². The monoisotopic (exact) mass is 466 g/mol. The Hall–Kier alpha value is -3.16. The van der Waals surface area contributed by atoms with Crippen LogP contribution in [0.2, 0.25) is 5.02 Å². The van der Waals surface area contributed by atoms with Gasteiger partial charge in [0.15, 0.2) is 5.82 Å². The zero-order valence-electron chi connectivity index (χ0n) is 17.9. The number of nitrogens with zero attached hydrogens (tertiary/aromatic N) is 3. The van der Waals surface area contributed by atoms with Gasteiger partial charge in [-0.1, -0.05) is 74.8 Å². The van der Waals surface area contributed by atoms with Crippen LogP contribution in [0.15, 0.2) is 84.3 Å². The van der Waals surface area contributed by atoms with E-state index in [1.165, 1.54) is 12.3 Å². The number of sulfonamides is 1. The van der Waals surface area contributed by atoms with E-state index in [1.807, 2.05) is 42.5 Å². The van der Waals surface area contributed by atoms with Crippen LogP contribution in [0.1, 0.15) is 26.3 Å². The molecule has 0 saturated carbocycles. The fourth-order valence-corrected chi connectivity index (χ4v) is 4.46. The van der Waals surface area contributed by atoms with Crippen LogP contribution in [-0.2, 0) is 15.4 Å². The van der Waals surface area contributed by atoms with Gasteiger partial charge in [0.05, 0.1) is 21.3 Å². The second-order valence-corrected chi connectivity index (χ2v) is 10.6. The first-order valence-corrected chi connectivity index (χ1v) is 11.9. The van der Waals surface area contributed by atoms with E-state index in [-0.39, 0.29) is 16.0 Å². The first-order chi connectivity index (χ1) is 15.1. The quantitative estimate of drug-likeness (QED) is 0.410. The van der Waals surface area contributed by atoms with Gasteiger partial charge in [0, 0.05) is 18.0 Å². The molecule has 6 nitrogen and oxygen atoms in total. The van der Waals surface area contributed by atoms with E-state index in [1.54, 1.807) is 29.2 Å². The molecule has 0 fully saturated rings. The Kier molecular flexibility index (Phi) is 5.79. The van der Waals surface area contributed by atoms with Gasteiger partial charge in [-0.05, 0) is 29.2 Å². The molecule has 1 N–H and O–H groups in total. The molecule has 0 radical (unpaired) electrons. The van der Waals surface area contributed by atoms with Gasteiger partial charge in [-0.25, -0.2) is 18.4 Å². The Bertz CT molecular complexity index is 1340. The van der Waals surface area contributed by atoms with Crippen LogP contribution in [0.5, 0.6) is 0 Å². The summed E-state index contributed by atoms with van der Waals surface area (Å²) in [5.74, 6) is 0.374. The third-order valence-electron chi connectivity index (χ3n) is 5.00. The van der Waals surface area contributed by atoms with Crippen molar-refractivity contribution < 1.29 is 8.42 Å². The highest BCUT2D eigenvalue weighted by Gasteiger charge is 2.20. The number of rotatable bonds is 5. The van der Waals surface area contributed by atoms with Crippen LogP contribution in [-0.4, -0.2) is 23.0 Å². The largest absolute Gasteiger partial charge is 0.288 e. The van der Waals surface area contributed by atoms with Gasteiger partial charge in [0.2, 0.25) is 0 Å². The number of pyridine rings is 1. The maximum atomic E-state index is 13.1. The molecular formula is C24H23ClN4O2S. The van der Waals surface area contributed by atoms with Crippen LogP contribution >= 0.6 is 11.6 Å². The van der Waals surface area contributed by atoms with E-state index >= 15 is 0 Å². The molecule has 164 valence electrons. The lowest BCUT2D eigenvalue weighted by Crippen LogP contribution is -2.16. The highest BCUT2D eigenvalue weighted by atomic mass is 35.5. The van der Waals surface area contributed by atoms with Crippen LogP contribution in [0.25, 0.3) is 17.1 Å². The standard InChI is InChI=1S/C24H23ClN4O2S/c1-24(2,3)18-9-11-20(12-10-18)32(30,31)28-21-13-19(25)14-26-23(21)29-15-22(27-16-29)17-7-5-4-6-8-17/h4-16,28H,1-3H3. The molecule has 4 aromatic rings. The molecule has 32 heavy (non-hydrogen) atoms. The molecule has 0 bridgehead atoms. The molecule has 2 aromatic carbocycles. The zero-order valence-corrected chi connectivity index (χ0v) is 19.5. The predicted molar refractivity (Wildman–Crippen MR) is 128 cm³/mol. The van der Waals surface area contributed by atoms with Crippen molar-refractivity contribution in [1.82, 2.24) is 14.5 Å². The van der Waals surface area contributed by atoms with Crippen molar-refractivity contribution in [2.45, 2.75) is 31.1 Å². The minimum Gasteiger partial charge on any atom is -0.288 e. The zero-order chi connectivity index (χ0) is 22.9. The van der Waals surface area contributed by atoms with E-state index in [4.69, 9.17) is 11.6 Å². The van der Waals surface area contributed by atoms with E-state index in [9.17, 15) is 8.42 Å². The number of imidazole rings is 1. The summed E-state index contributed by atoms with van der Waals surface area (Å²) in [5, 5.41) is 0.318. The van der Waals surface area contributed by atoms with E-state index in [0.717, 1.165) is 16.8 Å². The van der Waals surface area contributed by atoms with Crippen LogP contribution in [0.3, 0.4) is 0 Å². The second-order valence-electron chi connectivity index (χ2n) is 8.44. The van der Waals surface area contributed by atoms with Gasteiger partial charge >= 0.3 is 0 Å². The number of benzene rings is 2. The molecule has 0 aliphatic carbocycles. The highest BCUT2D eigenvalue weighted by molar-refractivity contribution is 7.92. The number of nitrogens with one attached hydrogen (secondary N) is 1. The van der Waals surface area contributed by atoms with Crippen LogP contribution in [0, 0.1) is 0 Å². The van der Waals surface area contributed by atoms with Crippen molar-refractivity contribution in [2.24, 2.45) is 0 Å². The molecule has 0 aliphatic heterocycles. The Labute approximate surface area is 193 Å². The summed E-state index contributed by atoms with van der Waals surface area (Å²) in [4.78, 5) is 8.93. The van der Waals surface area contributed by atoms with Gasteiger partial charge in [-0.3, -0.25) is 9.29 Å². The van der Waals surface area contributed by atoms with Crippen molar-refractivity contribution in [3.05, 3.63) is 90.0 Å². The molecule has 0 saturated heterocycles. The Balaban J connectivity index is 1.68. The molecule has 0 atom stereocenters. The number of halogens is 1. The number of anilines is 1. The summed E-state index contributed by atoms with van der Waals surface area (Å²) in [7, 11) is -3.85. The summed E-state index contributed by atoms with van der Waals surface area (Å²) in [6, 6.07) is 18.1. The maximum absolute atomic E-state index is 13.1. The van der Waals surface area contributed by atoms with Crippen LogP contribution in [0.4, 0.5) is 5.69 Å². The molecule has 2 aromatic heterocycles. The molecule has 8 heteroatoms. The SMILES string of the molecule is CC(C)(C)c1ccc(S(=O)(=O)Nc2cc(Cl)cnc2-n2cnc(-c3ccccc3)c2)cc1. The Morgan fingerprint density at radius 1 is 0.969 bits per heavy atom. The highest BCUT2D eigenvalue weighted by Crippen LogP contribution is 2.28. The number of hydrogen-bond acceptors (Lipinski definition) is 4. The average molecular weight is 467 g/mol. The molecule has 0 aliphatic rings. The number of aromatic nitrogens is 3. The Morgan fingerprint density at radius 2 is 1.66 bits per heavy atom. The third-order valence-corrected chi connectivity index (χ3v) is 6.59. The fraction of sp³-hybridized carbons (Fsp3) is 0.167. The van der Waals surface area contributed by atoms with Crippen molar-refractivity contribution in [3.8, 4) is 17.1 Å². The predicted octanol–water partition coefficient (Wildman–Crippen LogP) is 5.69. The molecule has 0 spiro atoms. The summed E-state index contributed by atoms with van der Waals surface area (Å²) >= 11 is 6.13. The lowest BCUT2D eigenvalue weighted by Gasteiger charge is -2.19.